The second-order valence-electron chi connectivity index (χ2n) is 7.21. The van der Waals surface area contributed by atoms with Gasteiger partial charge in [0.1, 0.15) is 5.82 Å². The van der Waals surface area contributed by atoms with Crippen molar-refractivity contribution < 1.29 is 9.90 Å². The molecular formula is C19H30N6O2. The predicted molar refractivity (Wildman–Crippen MR) is 105 cm³/mol. The van der Waals surface area contributed by atoms with Crippen molar-refractivity contribution in [1.29, 1.82) is 0 Å². The highest BCUT2D eigenvalue weighted by molar-refractivity contribution is 5.80. The van der Waals surface area contributed by atoms with Crippen LogP contribution in [-0.4, -0.2) is 65.7 Å². The molecule has 0 spiro atoms. The minimum absolute atomic E-state index is 0.0339. The van der Waals surface area contributed by atoms with Gasteiger partial charge in [-0.2, -0.15) is 0 Å². The molecule has 2 aliphatic rings. The summed E-state index contributed by atoms with van der Waals surface area (Å²) in [7, 11) is 0. The zero-order chi connectivity index (χ0) is 19.2. The Labute approximate surface area is 160 Å². The number of nitrogens with one attached hydrogen (secondary N) is 1. The topological polar surface area (TPSA) is 107 Å². The lowest BCUT2D eigenvalue weighted by molar-refractivity contribution is -0.122. The van der Waals surface area contributed by atoms with Gasteiger partial charge < -0.3 is 26.0 Å². The standard InChI is InChI=1S/C19H30N6O2/c1-2-21-19(25-11-7-16(26)13-25)23-12-15-4-3-8-22-18(15)24-9-5-14(6-10-24)17(20)27/h3-4,8,14,16,26H,2,5-7,9-13H2,1H3,(H2,20,27)(H,21,23)/t16-/m1/s1. The minimum atomic E-state index is -0.283. The number of hydrogen-bond acceptors (Lipinski definition) is 5. The lowest BCUT2D eigenvalue weighted by Crippen LogP contribution is -2.40. The molecule has 2 fully saturated rings. The highest BCUT2D eigenvalue weighted by Gasteiger charge is 2.25. The van der Waals surface area contributed by atoms with E-state index >= 15 is 0 Å². The van der Waals surface area contributed by atoms with Crippen molar-refractivity contribution in [1.82, 2.24) is 15.2 Å². The summed E-state index contributed by atoms with van der Waals surface area (Å²) in [4.78, 5) is 25.1. The molecule has 1 amide bonds. The van der Waals surface area contributed by atoms with Gasteiger partial charge in [-0.3, -0.25) is 4.79 Å². The first-order valence-electron chi connectivity index (χ1n) is 9.78. The number of carbonyl (C=O) groups excluding carboxylic acids is 1. The van der Waals surface area contributed by atoms with Crippen LogP contribution in [-0.2, 0) is 11.3 Å². The number of anilines is 1. The van der Waals surface area contributed by atoms with Crippen LogP contribution in [0.3, 0.4) is 0 Å². The molecule has 4 N–H and O–H groups in total. The van der Waals surface area contributed by atoms with Crippen LogP contribution in [0.15, 0.2) is 23.3 Å². The maximum Gasteiger partial charge on any atom is 0.220 e. The maximum atomic E-state index is 11.4. The van der Waals surface area contributed by atoms with Gasteiger partial charge in [0.25, 0.3) is 0 Å². The Hall–Kier alpha value is -2.35. The van der Waals surface area contributed by atoms with Crippen LogP contribution in [0.5, 0.6) is 0 Å². The van der Waals surface area contributed by atoms with E-state index in [4.69, 9.17) is 10.7 Å². The van der Waals surface area contributed by atoms with Gasteiger partial charge in [0.2, 0.25) is 5.91 Å². The third-order valence-corrected chi connectivity index (χ3v) is 5.26. The fourth-order valence-electron chi connectivity index (χ4n) is 3.73. The molecule has 8 nitrogen and oxygen atoms in total. The van der Waals surface area contributed by atoms with Crippen molar-refractivity contribution in [3.05, 3.63) is 23.9 Å². The molecule has 148 valence electrons. The molecule has 0 saturated carbocycles. The number of likely N-dealkylation sites (tertiary alicyclic amines) is 1. The molecule has 1 aromatic rings. The number of carbonyl (C=O) groups is 1. The number of primary amides is 1. The second-order valence-corrected chi connectivity index (χ2v) is 7.21. The molecule has 1 atom stereocenters. The van der Waals surface area contributed by atoms with Gasteiger partial charge in [-0.1, -0.05) is 6.07 Å². The number of guanidine groups is 1. The first kappa shape index (κ1) is 19.4. The van der Waals surface area contributed by atoms with E-state index < -0.39 is 0 Å². The van der Waals surface area contributed by atoms with E-state index in [0.717, 1.165) is 62.8 Å². The van der Waals surface area contributed by atoms with Gasteiger partial charge in [-0.15, -0.1) is 0 Å². The van der Waals surface area contributed by atoms with Crippen molar-refractivity contribution in [2.24, 2.45) is 16.6 Å². The number of pyridine rings is 1. The highest BCUT2D eigenvalue weighted by Crippen LogP contribution is 2.25. The molecule has 0 radical (unpaired) electrons. The SMILES string of the molecule is CCNC(=NCc1cccnc1N1CCC(C(N)=O)CC1)N1CC[C@@H](O)C1. The van der Waals surface area contributed by atoms with Gasteiger partial charge in [-0.05, 0) is 32.3 Å². The van der Waals surface area contributed by atoms with Gasteiger partial charge in [-0.25, -0.2) is 9.98 Å². The summed E-state index contributed by atoms with van der Waals surface area (Å²) in [5.41, 5.74) is 6.50. The van der Waals surface area contributed by atoms with Crippen LogP contribution in [0, 0.1) is 5.92 Å². The number of nitrogens with zero attached hydrogens (tertiary/aromatic N) is 4. The zero-order valence-corrected chi connectivity index (χ0v) is 16.0. The van der Waals surface area contributed by atoms with Gasteiger partial charge >= 0.3 is 0 Å². The molecule has 0 aliphatic carbocycles. The second kappa shape index (κ2) is 9.03. The number of rotatable bonds is 5. The van der Waals surface area contributed by atoms with E-state index in [9.17, 15) is 9.90 Å². The van der Waals surface area contributed by atoms with Gasteiger partial charge in [0.05, 0.1) is 12.6 Å². The molecule has 0 bridgehead atoms. The number of aliphatic hydroxyl groups is 1. The Bertz CT molecular complexity index is 672. The summed E-state index contributed by atoms with van der Waals surface area (Å²) >= 11 is 0. The number of nitrogens with two attached hydrogens (primary N) is 1. The summed E-state index contributed by atoms with van der Waals surface area (Å²) in [6, 6.07) is 3.98. The average molecular weight is 374 g/mol. The van der Waals surface area contributed by atoms with E-state index in [1.807, 2.05) is 13.0 Å². The summed E-state index contributed by atoms with van der Waals surface area (Å²) in [5.74, 6) is 1.52. The third-order valence-electron chi connectivity index (χ3n) is 5.26. The van der Waals surface area contributed by atoms with Crippen LogP contribution in [0.4, 0.5) is 5.82 Å². The largest absolute Gasteiger partial charge is 0.391 e. The number of aliphatic hydroxyl groups excluding tert-OH is 1. The van der Waals surface area contributed by atoms with Crippen LogP contribution in [0.2, 0.25) is 0 Å². The summed E-state index contributed by atoms with van der Waals surface area (Å²) in [6.45, 7) is 6.33. The van der Waals surface area contributed by atoms with E-state index in [1.54, 1.807) is 6.20 Å². The highest BCUT2D eigenvalue weighted by atomic mass is 16.3. The first-order valence-corrected chi connectivity index (χ1v) is 9.78. The fourth-order valence-corrected chi connectivity index (χ4v) is 3.73. The molecule has 2 saturated heterocycles. The molecular weight excluding hydrogens is 344 g/mol. The van der Waals surface area contributed by atoms with Crippen LogP contribution >= 0.6 is 0 Å². The quantitative estimate of drug-likeness (QED) is 0.506. The Balaban J connectivity index is 1.71. The lowest BCUT2D eigenvalue weighted by atomic mass is 9.96. The Morgan fingerprint density at radius 1 is 1.37 bits per heavy atom. The molecule has 27 heavy (non-hydrogen) atoms. The van der Waals surface area contributed by atoms with E-state index in [0.29, 0.717) is 13.1 Å². The number of aromatic nitrogens is 1. The van der Waals surface area contributed by atoms with E-state index in [-0.39, 0.29) is 17.9 Å². The molecule has 8 heteroatoms. The normalized spacial score (nSPS) is 21.6. The smallest absolute Gasteiger partial charge is 0.220 e. The van der Waals surface area contributed by atoms with Crippen LogP contribution < -0.4 is 16.0 Å². The van der Waals surface area contributed by atoms with Crippen LogP contribution in [0.25, 0.3) is 0 Å². The predicted octanol–water partition coefficient (Wildman–Crippen LogP) is 0.315. The summed E-state index contributed by atoms with van der Waals surface area (Å²) < 4.78 is 0. The average Bonchev–Trinajstić information content (AvgIpc) is 3.11. The molecule has 3 heterocycles. The molecule has 3 rings (SSSR count). The van der Waals surface area contributed by atoms with Crippen molar-refractivity contribution in [3.63, 3.8) is 0 Å². The summed E-state index contributed by atoms with van der Waals surface area (Å²) in [6.07, 6.45) is 3.82. The van der Waals surface area contributed by atoms with Gasteiger partial charge in [0, 0.05) is 50.4 Å². The molecule has 0 aromatic carbocycles. The van der Waals surface area contributed by atoms with Crippen molar-refractivity contribution >= 4 is 17.7 Å². The first-order chi connectivity index (χ1) is 13.1. The molecule has 1 aromatic heterocycles. The third kappa shape index (κ3) is 4.88. The van der Waals surface area contributed by atoms with Crippen molar-refractivity contribution in [2.75, 3.05) is 37.6 Å². The Morgan fingerprint density at radius 3 is 2.78 bits per heavy atom. The summed E-state index contributed by atoms with van der Waals surface area (Å²) in [5, 5.41) is 13.1. The number of piperidine rings is 1. The number of aliphatic imine (C=N–C) groups is 1. The minimum Gasteiger partial charge on any atom is -0.391 e. The Kier molecular flexibility index (Phi) is 6.49. The van der Waals surface area contributed by atoms with E-state index in [2.05, 4.69) is 26.2 Å². The fraction of sp³-hybridized carbons (Fsp3) is 0.632. The molecule has 2 aliphatic heterocycles. The van der Waals surface area contributed by atoms with Crippen molar-refractivity contribution in [3.8, 4) is 0 Å². The number of β-amino-alcohol motifs (C(OH)–C–C–N with tert-alkyl or cyclic N) is 1. The van der Waals surface area contributed by atoms with E-state index in [1.165, 1.54) is 0 Å². The maximum absolute atomic E-state index is 11.4. The monoisotopic (exact) mass is 374 g/mol. The zero-order valence-electron chi connectivity index (χ0n) is 16.0. The number of hydrogen-bond donors (Lipinski definition) is 3. The van der Waals surface area contributed by atoms with Crippen molar-refractivity contribution in [2.45, 2.75) is 38.8 Å². The van der Waals surface area contributed by atoms with Gasteiger partial charge in [0.15, 0.2) is 5.96 Å². The molecule has 0 unspecified atom stereocenters. The Morgan fingerprint density at radius 2 is 2.15 bits per heavy atom. The number of amides is 1. The lowest BCUT2D eigenvalue weighted by Gasteiger charge is -2.32. The van der Waals surface area contributed by atoms with Crippen LogP contribution in [0.1, 0.15) is 31.7 Å².